The van der Waals surface area contributed by atoms with Crippen LogP contribution in [0.4, 0.5) is 0 Å². The second-order valence-electron chi connectivity index (χ2n) is 5.47. The molecule has 1 aliphatic heterocycles. The van der Waals surface area contributed by atoms with Gasteiger partial charge in [-0.1, -0.05) is 13.0 Å². The Bertz CT molecular complexity index is 419. The van der Waals surface area contributed by atoms with E-state index in [1.54, 1.807) is 7.11 Å². The molecule has 2 unspecified atom stereocenters. The van der Waals surface area contributed by atoms with E-state index in [1.807, 2.05) is 12.1 Å². The fourth-order valence-corrected chi connectivity index (χ4v) is 3.10. The predicted octanol–water partition coefficient (Wildman–Crippen LogP) is 2.95. The number of benzene rings is 1. The molecule has 0 spiro atoms. The summed E-state index contributed by atoms with van der Waals surface area (Å²) in [5, 5.41) is 9.28. The highest BCUT2D eigenvalue weighted by molar-refractivity contribution is 5.37. The van der Waals surface area contributed by atoms with Gasteiger partial charge in [0.1, 0.15) is 5.75 Å². The molecule has 1 aliphatic rings. The van der Waals surface area contributed by atoms with Crippen LogP contribution in [0.1, 0.15) is 44.2 Å². The molecule has 0 aliphatic carbocycles. The van der Waals surface area contributed by atoms with Crippen molar-refractivity contribution in [3.8, 4) is 5.75 Å². The summed E-state index contributed by atoms with van der Waals surface area (Å²) in [6, 6.07) is 7.26. The molecular formula is C16H25NO2. The first kappa shape index (κ1) is 14.4. The molecule has 1 N–H and O–H groups in total. The van der Waals surface area contributed by atoms with Gasteiger partial charge in [0.05, 0.1) is 13.7 Å². The van der Waals surface area contributed by atoms with Crippen LogP contribution in [0.25, 0.3) is 0 Å². The van der Waals surface area contributed by atoms with Gasteiger partial charge < -0.3 is 9.84 Å². The monoisotopic (exact) mass is 263 g/mol. The van der Waals surface area contributed by atoms with Crippen molar-refractivity contribution < 1.29 is 9.84 Å². The number of aliphatic hydroxyl groups excluding tert-OH is 1. The van der Waals surface area contributed by atoms with Crippen molar-refractivity contribution >= 4 is 0 Å². The van der Waals surface area contributed by atoms with Crippen LogP contribution in [-0.4, -0.2) is 29.2 Å². The maximum Gasteiger partial charge on any atom is 0.123 e. The number of aliphatic hydroxyl groups is 1. The summed E-state index contributed by atoms with van der Waals surface area (Å²) in [4.78, 5) is 2.57. The molecule has 2 atom stereocenters. The van der Waals surface area contributed by atoms with Crippen molar-refractivity contribution in [3.05, 3.63) is 29.3 Å². The Kier molecular flexibility index (Phi) is 4.83. The number of rotatable bonds is 5. The molecule has 1 aromatic rings. The van der Waals surface area contributed by atoms with E-state index < -0.39 is 0 Å². The van der Waals surface area contributed by atoms with Crippen LogP contribution < -0.4 is 4.74 Å². The quantitative estimate of drug-likeness (QED) is 0.886. The molecule has 19 heavy (non-hydrogen) atoms. The third-order valence-corrected chi connectivity index (χ3v) is 4.30. The number of hydrogen-bond acceptors (Lipinski definition) is 3. The van der Waals surface area contributed by atoms with Crippen LogP contribution in [0.2, 0.25) is 0 Å². The summed E-state index contributed by atoms with van der Waals surface area (Å²) in [7, 11) is 1.71. The summed E-state index contributed by atoms with van der Waals surface area (Å²) in [5.74, 6) is 0.922. The largest absolute Gasteiger partial charge is 0.496 e. The Labute approximate surface area is 116 Å². The van der Waals surface area contributed by atoms with Crippen molar-refractivity contribution in [1.82, 2.24) is 4.90 Å². The van der Waals surface area contributed by atoms with Gasteiger partial charge in [-0.25, -0.2) is 0 Å². The highest BCUT2D eigenvalue weighted by Crippen LogP contribution is 2.30. The first-order valence-electron chi connectivity index (χ1n) is 7.22. The average molecular weight is 263 g/mol. The SMILES string of the molecule is CCC1CCC(C)N1Cc1cc(CO)ccc1OC. The minimum atomic E-state index is 0.0871. The lowest BCUT2D eigenvalue weighted by atomic mass is 10.1. The molecule has 0 saturated carbocycles. The van der Waals surface area contributed by atoms with E-state index in [0.717, 1.165) is 17.9 Å². The molecule has 0 aromatic heterocycles. The summed E-state index contributed by atoms with van der Waals surface area (Å²) in [6.07, 6.45) is 3.77. The molecule has 106 valence electrons. The molecule has 1 fully saturated rings. The highest BCUT2D eigenvalue weighted by atomic mass is 16.5. The average Bonchev–Trinajstić information content (AvgIpc) is 2.79. The summed E-state index contributed by atoms with van der Waals surface area (Å²) in [6.45, 7) is 5.57. The Morgan fingerprint density at radius 1 is 1.37 bits per heavy atom. The molecule has 2 rings (SSSR count). The Morgan fingerprint density at radius 2 is 2.16 bits per heavy atom. The Morgan fingerprint density at radius 3 is 2.79 bits per heavy atom. The van der Waals surface area contributed by atoms with E-state index in [9.17, 15) is 5.11 Å². The smallest absolute Gasteiger partial charge is 0.123 e. The van der Waals surface area contributed by atoms with Crippen LogP contribution in [0.5, 0.6) is 5.75 Å². The van der Waals surface area contributed by atoms with Crippen molar-refractivity contribution in [2.45, 2.75) is 58.3 Å². The zero-order valence-corrected chi connectivity index (χ0v) is 12.2. The summed E-state index contributed by atoms with van der Waals surface area (Å²) < 4.78 is 5.45. The molecule has 0 radical (unpaired) electrons. The molecule has 0 bridgehead atoms. The van der Waals surface area contributed by atoms with Crippen LogP contribution in [-0.2, 0) is 13.2 Å². The van der Waals surface area contributed by atoms with Gasteiger partial charge in [-0.3, -0.25) is 4.90 Å². The second kappa shape index (κ2) is 6.40. The molecule has 1 aromatic carbocycles. The maximum atomic E-state index is 9.28. The van der Waals surface area contributed by atoms with Crippen LogP contribution in [0.3, 0.4) is 0 Å². The minimum absolute atomic E-state index is 0.0871. The van der Waals surface area contributed by atoms with E-state index in [2.05, 4.69) is 24.8 Å². The standard InChI is InChI=1S/C16H25NO2/c1-4-15-7-5-12(2)17(15)10-14-9-13(11-18)6-8-16(14)19-3/h6,8-9,12,15,18H,4-5,7,10-11H2,1-3H3. The van der Waals surface area contributed by atoms with E-state index in [-0.39, 0.29) is 6.61 Å². The van der Waals surface area contributed by atoms with Gasteiger partial charge >= 0.3 is 0 Å². The number of ether oxygens (including phenoxy) is 1. The lowest BCUT2D eigenvalue weighted by Crippen LogP contribution is -2.33. The Balaban J connectivity index is 2.21. The lowest BCUT2D eigenvalue weighted by Gasteiger charge is -2.28. The molecular weight excluding hydrogens is 238 g/mol. The van der Waals surface area contributed by atoms with Crippen LogP contribution in [0, 0.1) is 0 Å². The predicted molar refractivity (Wildman–Crippen MR) is 77.2 cm³/mol. The first-order valence-corrected chi connectivity index (χ1v) is 7.22. The lowest BCUT2D eigenvalue weighted by molar-refractivity contribution is 0.187. The van der Waals surface area contributed by atoms with Gasteiger partial charge in [-0.2, -0.15) is 0 Å². The van der Waals surface area contributed by atoms with Gasteiger partial charge in [-0.15, -0.1) is 0 Å². The van der Waals surface area contributed by atoms with Gasteiger partial charge in [0.2, 0.25) is 0 Å². The van der Waals surface area contributed by atoms with E-state index in [1.165, 1.54) is 24.8 Å². The minimum Gasteiger partial charge on any atom is -0.496 e. The summed E-state index contributed by atoms with van der Waals surface area (Å²) >= 11 is 0. The molecule has 0 amide bonds. The van der Waals surface area contributed by atoms with E-state index in [0.29, 0.717) is 12.1 Å². The summed E-state index contributed by atoms with van der Waals surface area (Å²) in [5.41, 5.74) is 2.14. The van der Waals surface area contributed by atoms with Gasteiger partial charge in [0.15, 0.2) is 0 Å². The molecule has 3 nitrogen and oxygen atoms in total. The van der Waals surface area contributed by atoms with Crippen molar-refractivity contribution in [2.24, 2.45) is 0 Å². The molecule has 1 saturated heterocycles. The second-order valence-corrected chi connectivity index (χ2v) is 5.47. The van der Waals surface area contributed by atoms with Gasteiger partial charge in [-0.05, 0) is 43.9 Å². The topological polar surface area (TPSA) is 32.7 Å². The highest BCUT2D eigenvalue weighted by Gasteiger charge is 2.29. The number of nitrogens with zero attached hydrogens (tertiary/aromatic N) is 1. The molecule has 3 heteroatoms. The van der Waals surface area contributed by atoms with E-state index in [4.69, 9.17) is 4.74 Å². The number of hydrogen-bond donors (Lipinski definition) is 1. The third kappa shape index (κ3) is 3.10. The van der Waals surface area contributed by atoms with E-state index >= 15 is 0 Å². The number of methoxy groups -OCH3 is 1. The zero-order valence-electron chi connectivity index (χ0n) is 12.2. The third-order valence-electron chi connectivity index (χ3n) is 4.30. The Hall–Kier alpha value is -1.06. The maximum absolute atomic E-state index is 9.28. The molecule has 1 heterocycles. The zero-order chi connectivity index (χ0) is 13.8. The normalized spacial score (nSPS) is 23.8. The van der Waals surface area contributed by atoms with Crippen LogP contribution in [0.15, 0.2) is 18.2 Å². The van der Waals surface area contributed by atoms with Crippen molar-refractivity contribution in [2.75, 3.05) is 7.11 Å². The van der Waals surface area contributed by atoms with Gasteiger partial charge in [0, 0.05) is 24.2 Å². The fraction of sp³-hybridized carbons (Fsp3) is 0.625. The van der Waals surface area contributed by atoms with Crippen LogP contribution >= 0.6 is 0 Å². The number of likely N-dealkylation sites (tertiary alicyclic amines) is 1. The van der Waals surface area contributed by atoms with Crippen molar-refractivity contribution in [3.63, 3.8) is 0 Å². The van der Waals surface area contributed by atoms with Gasteiger partial charge in [0.25, 0.3) is 0 Å². The van der Waals surface area contributed by atoms with Crippen molar-refractivity contribution in [1.29, 1.82) is 0 Å². The first-order chi connectivity index (χ1) is 9.19. The fourth-order valence-electron chi connectivity index (χ4n) is 3.10.